The Kier molecular flexibility index (Phi) is 4.40. The van der Waals surface area contributed by atoms with Gasteiger partial charge >= 0.3 is 0 Å². The van der Waals surface area contributed by atoms with Crippen molar-refractivity contribution in [2.75, 3.05) is 6.54 Å². The second-order valence-corrected chi connectivity index (χ2v) is 6.91. The molecule has 0 spiro atoms. The van der Waals surface area contributed by atoms with Gasteiger partial charge in [-0.05, 0) is 32.8 Å². The molecule has 1 aliphatic rings. The van der Waals surface area contributed by atoms with Crippen molar-refractivity contribution in [1.29, 1.82) is 0 Å². The van der Waals surface area contributed by atoms with Gasteiger partial charge in [-0.3, -0.25) is 19.0 Å². The zero-order chi connectivity index (χ0) is 17.4. The number of aromatic nitrogens is 2. The summed E-state index contributed by atoms with van der Waals surface area (Å²) in [6.45, 7) is 6.40. The molecule has 0 fully saturated rings. The van der Waals surface area contributed by atoms with Gasteiger partial charge in [-0.25, -0.2) is 4.98 Å². The number of nitrogens with one attached hydrogen (secondary N) is 2. The van der Waals surface area contributed by atoms with E-state index in [1.54, 1.807) is 18.4 Å². The summed E-state index contributed by atoms with van der Waals surface area (Å²) in [4.78, 5) is 42.5. The Hall–Kier alpha value is -2.22. The quantitative estimate of drug-likeness (QED) is 0.861. The van der Waals surface area contributed by atoms with Crippen LogP contribution >= 0.6 is 11.3 Å². The average molecular weight is 348 g/mol. The maximum Gasteiger partial charge on any atom is 0.262 e. The van der Waals surface area contributed by atoms with E-state index in [9.17, 15) is 14.4 Å². The first kappa shape index (κ1) is 16.6. The number of aryl methyl sites for hydroxylation is 2. The highest BCUT2D eigenvalue weighted by Gasteiger charge is 2.24. The third-order valence-electron chi connectivity index (χ3n) is 4.21. The molecule has 2 aromatic rings. The molecule has 2 aromatic heterocycles. The van der Waals surface area contributed by atoms with Crippen molar-refractivity contribution >= 4 is 33.4 Å². The molecule has 8 heteroatoms. The molecule has 3 rings (SSSR count). The van der Waals surface area contributed by atoms with Crippen molar-refractivity contribution in [2.45, 2.75) is 46.2 Å². The van der Waals surface area contributed by atoms with E-state index in [1.807, 2.05) is 6.92 Å². The monoisotopic (exact) mass is 348 g/mol. The lowest BCUT2D eigenvalue weighted by atomic mass is 10.2. The summed E-state index contributed by atoms with van der Waals surface area (Å²) >= 11 is 1.21. The minimum absolute atomic E-state index is 0.0722. The highest BCUT2D eigenvalue weighted by Crippen LogP contribution is 2.28. The summed E-state index contributed by atoms with van der Waals surface area (Å²) in [5, 5.41) is 5.86. The molecule has 1 atom stereocenters. The molecular weight excluding hydrogens is 328 g/mol. The highest BCUT2D eigenvalue weighted by molar-refractivity contribution is 7.20. The van der Waals surface area contributed by atoms with Crippen LogP contribution in [0.4, 0.5) is 0 Å². The molecule has 1 aliphatic heterocycles. The van der Waals surface area contributed by atoms with Crippen molar-refractivity contribution in [3.8, 4) is 0 Å². The van der Waals surface area contributed by atoms with E-state index in [0.29, 0.717) is 33.7 Å². The standard InChI is InChI=1S/C16H20N4O3S/c1-4-17-13(21)9(3)18-14(22)12-8(2)11-15(24-12)19-10-6-5-7-20(10)16(11)23/h9H,4-7H2,1-3H3,(H,17,21)(H,18,22). The summed E-state index contributed by atoms with van der Waals surface area (Å²) in [7, 11) is 0. The van der Waals surface area contributed by atoms with Gasteiger partial charge in [0.1, 0.15) is 16.7 Å². The number of carbonyl (C=O) groups excluding carboxylic acids is 2. The molecule has 0 saturated heterocycles. The molecule has 3 heterocycles. The van der Waals surface area contributed by atoms with Crippen molar-refractivity contribution in [3.05, 3.63) is 26.6 Å². The average Bonchev–Trinajstić information content (AvgIpc) is 3.12. The van der Waals surface area contributed by atoms with Gasteiger partial charge < -0.3 is 10.6 Å². The van der Waals surface area contributed by atoms with Crippen molar-refractivity contribution in [1.82, 2.24) is 20.2 Å². The van der Waals surface area contributed by atoms with E-state index in [-0.39, 0.29) is 17.4 Å². The number of nitrogens with zero attached hydrogens (tertiary/aromatic N) is 2. The van der Waals surface area contributed by atoms with Crippen molar-refractivity contribution in [2.24, 2.45) is 0 Å². The van der Waals surface area contributed by atoms with Crippen LogP contribution in [0, 0.1) is 6.92 Å². The maximum atomic E-state index is 12.6. The first-order valence-electron chi connectivity index (χ1n) is 8.05. The fraction of sp³-hybridized carbons (Fsp3) is 0.500. The molecule has 0 saturated carbocycles. The van der Waals surface area contributed by atoms with Gasteiger partial charge in [-0.2, -0.15) is 0 Å². The van der Waals surface area contributed by atoms with E-state index >= 15 is 0 Å². The van der Waals surface area contributed by atoms with Gasteiger partial charge in [0.2, 0.25) is 5.91 Å². The molecule has 2 N–H and O–H groups in total. The molecule has 24 heavy (non-hydrogen) atoms. The number of fused-ring (bicyclic) bond motifs is 2. The van der Waals surface area contributed by atoms with Crippen LogP contribution in [0.3, 0.4) is 0 Å². The summed E-state index contributed by atoms with van der Waals surface area (Å²) in [6.07, 6.45) is 1.72. The molecule has 128 valence electrons. The molecule has 0 aromatic carbocycles. The van der Waals surface area contributed by atoms with Crippen LogP contribution in [0.1, 0.15) is 41.3 Å². The zero-order valence-corrected chi connectivity index (χ0v) is 14.7. The lowest BCUT2D eigenvalue weighted by Gasteiger charge is -2.12. The van der Waals surface area contributed by atoms with Crippen molar-refractivity contribution < 1.29 is 9.59 Å². The number of thiophene rings is 1. The first-order valence-corrected chi connectivity index (χ1v) is 8.87. The Bertz CT molecular complexity index is 884. The summed E-state index contributed by atoms with van der Waals surface area (Å²) in [5.74, 6) is 0.206. The molecule has 0 aliphatic carbocycles. The summed E-state index contributed by atoms with van der Waals surface area (Å²) < 4.78 is 1.70. The maximum absolute atomic E-state index is 12.6. The fourth-order valence-corrected chi connectivity index (χ4v) is 4.04. The molecule has 2 amide bonds. The SMILES string of the molecule is CCNC(=O)C(C)NC(=O)c1sc2nc3n(c(=O)c2c1C)CCC3. The van der Waals surface area contributed by atoms with Crippen LogP contribution in [0.25, 0.3) is 10.2 Å². The molecule has 0 bridgehead atoms. The Labute approximate surface area is 143 Å². The number of carbonyl (C=O) groups is 2. The smallest absolute Gasteiger partial charge is 0.262 e. The molecule has 0 radical (unpaired) electrons. The Morgan fingerprint density at radius 1 is 1.42 bits per heavy atom. The van der Waals surface area contributed by atoms with Crippen LogP contribution < -0.4 is 16.2 Å². The Morgan fingerprint density at radius 2 is 2.17 bits per heavy atom. The molecular formula is C16H20N4O3S. The number of likely N-dealkylation sites (N-methyl/N-ethyl adjacent to an activating group) is 1. The second-order valence-electron chi connectivity index (χ2n) is 5.91. The predicted octanol–water partition coefficient (Wildman–Crippen LogP) is 0.967. The Morgan fingerprint density at radius 3 is 2.88 bits per heavy atom. The van der Waals surface area contributed by atoms with Gasteiger partial charge in [-0.15, -0.1) is 11.3 Å². The van der Waals surface area contributed by atoms with E-state index in [2.05, 4.69) is 15.6 Å². The van der Waals surface area contributed by atoms with Gasteiger partial charge in [0.15, 0.2) is 0 Å². The zero-order valence-electron chi connectivity index (χ0n) is 13.9. The second kappa shape index (κ2) is 6.35. The van der Waals surface area contributed by atoms with E-state index in [0.717, 1.165) is 18.7 Å². The lowest BCUT2D eigenvalue weighted by Crippen LogP contribution is -2.44. The normalized spacial score (nSPS) is 14.5. The van der Waals surface area contributed by atoms with Crippen LogP contribution in [0.15, 0.2) is 4.79 Å². The lowest BCUT2D eigenvalue weighted by molar-refractivity contribution is -0.122. The van der Waals surface area contributed by atoms with Gasteiger partial charge in [0.25, 0.3) is 11.5 Å². The molecule has 7 nitrogen and oxygen atoms in total. The van der Waals surface area contributed by atoms with Gasteiger partial charge in [0.05, 0.1) is 10.3 Å². The number of amides is 2. The van der Waals surface area contributed by atoms with E-state index in [4.69, 9.17) is 0 Å². The van der Waals surface area contributed by atoms with Crippen LogP contribution in [0.2, 0.25) is 0 Å². The summed E-state index contributed by atoms with van der Waals surface area (Å²) in [5.41, 5.74) is 0.562. The number of hydrogen-bond acceptors (Lipinski definition) is 5. The van der Waals surface area contributed by atoms with Crippen LogP contribution in [-0.2, 0) is 17.8 Å². The minimum atomic E-state index is -0.638. The largest absolute Gasteiger partial charge is 0.355 e. The third kappa shape index (κ3) is 2.71. The van der Waals surface area contributed by atoms with Crippen molar-refractivity contribution in [3.63, 3.8) is 0 Å². The Balaban J connectivity index is 1.95. The van der Waals surface area contributed by atoms with E-state index in [1.165, 1.54) is 11.3 Å². The van der Waals surface area contributed by atoms with Gasteiger partial charge in [-0.1, -0.05) is 0 Å². The van der Waals surface area contributed by atoms with E-state index < -0.39 is 6.04 Å². The minimum Gasteiger partial charge on any atom is -0.355 e. The van der Waals surface area contributed by atoms with Crippen LogP contribution in [-0.4, -0.2) is 34.0 Å². The van der Waals surface area contributed by atoms with Crippen LogP contribution in [0.5, 0.6) is 0 Å². The first-order chi connectivity index (χ1) is 11.4. The predicted molar refractivity (Wildman–Crippen MR) is 92.5 cm³/mol. The fourth-order valence-electron chi connectivity index (χ4n) is 2.95. The highest BCUT2D eigenvalue weighted by atomic mass is 32.1. The van der Waals surface area contributed by atoms with Gasteiger partial charge in [0, 0.05) is 19.5 Å². The number of rotatable bonds is 4. The number of hydrogen-bond donors (Lipinski definition) is 2. The summed E-state index contributed by atoms with van der Waals surface area (Å²) in [6, 6.07) is -0.638. The third-order valence-corrected chi connectivity index (χ3v) is 5.39. The topological polar surface area (TPSA) is 93.1 Å². The molecule has 1 unspecified atom stereocenters.